The molecular weight excluding hydrogens is 276 g/mol. The van der Waals surface area contributed by atoms with Gasteiger partial charge in [0.1, 0.15) is 6.04 Å². The van der Waals surface area contributed by atoms with Crippen LogP contribution in [0.1, 0.15) is 32.1 Å². The number of rotatable bonds is 7. The second-order valence-electron chi connectivity index (χ2n) is 4.74. The summed E-state index contributed by atoms with van der Waals surface area (Å²) in [5.74, 6) is -1.09. The van der Waals surface area contributed by atoms with E-state index in [2.05, 4.69) is 5.32 Å². The van der Waals surface area contributed by atoms with Gasteiger partial charge in [0.05, 0.1) is 6.54 Å². The lowest BCUT2D eigenvalue weighted by molar-refractivity contribution is -0.140. The van der Waals surface area contributed by atoms with Crippen LogP contribution in [-0.2, 0) is 11.3 Å². The third-order valence-corrected chi connectivity index (χ3v) is 4.21. The van der Waals surface area contributed by atoms with E-state index in [1.165, 1.54) is 0 Å². The number of thiophene rings is 1. The Labute approximate surface area is 123 Å². The molecule has 0 radical (unpaired) electrons. The Morgan fingerprint density at radius 2 is 2.15 bits per heavy atom. The zero-order valence-electron chi connectivity index (χ0n) is 12.1. The molecule has 0 aliphatic carbocycles. The van der Waals surface area contributed by atoms with E-state index in [-0.39, 0.29) is 11.9 Å². The fraction of sp³-hybridized carbons (Fsp3) is 0.571. The van der Waals surface area contributed by atoms with Gasteiger partial charge in [0.25, 0.3) is 0 Å². The first kappa shape index (κ1) is 16.5. The molecule has 0 bridgehead atoms. The zero-order chi connectivity index (χ0) is 15.1. The largest absolute Gasteiger partial charge is 0.480 e. The third-order valence-electron chi connectivity index (χ3n) is 3.35. The van der Waals surface area contributed by atoms with Crippen molar-refractivity contribution in [2.75, 3.05) is 6.54 Å². The van der Waals surface area contributed by atoms with Crippen molar-refractivity contribution in [1.82, 2.24) is 10.2 Å². The predicted molar refractivity (Wildman–Crippen MR) is 79.8 cm³/mol. The molecule has 0 aromatic carbocycles. The second kappa shape index (κ2) is 7.89. The molecule has 2 atom stereocenters. The van der Waals surface area contributed by atoms with Crippen LogP contribution in [0, 0.1) is 5.92 Å². The highest BCUT2D eigenvalue weighted by atomic mass is 32.1. The molecular formula is C14H22N2O3S. The van der Waals surface area contributed by atoms with Crippen molar-refractivity contribution < 1.29 is 14.7 Å². The molecule has 6 heteroatoms. The molecule has 0 fully saturated rings. The minimum atomic E-state index is -0.986. The molecule has 1 rings (SSSR count). The van der Waals surface area contributed by atoms with Gasteiger partial charge in [-0.2, -0.15) is 0 Å². The number of urea groups is 1. The minimum Gasteiger partial charge on any atom is -0.480 e. The van der Waals surface area contributed by atoms with Gasteiger partial charge >= 0.3 is 12.0 Å². The molecule has 0 aliphatic rings. The SMILES string of the molecule is CC[C@H](C)[C@H](NC(=O)N(CC)Cc1cccs1)C(=O)O. The Morgan fingerprint density at radius 1 is 1.45 bits per heavy atom. The number of carboxylic acids is 1. The summed E-state index contributed by atoms with van der Waals surface area (Å²) in [7, 11) is 0. The quantitative estimate of drug-likeness (QED) is 0.813. The lowest BCUT2D eigenvalue weighted by atomic mass is 9.99. The number of hydrogen-bond donors (Lipinski definition) is 2. The number of aliphatic carboxylic acids is 1. The van der Waals surface area contributed by atoms with Gasteiger partial charge in [-0.15, -0.1) is 11.3 Å². The number of hydrogen-bond acceptors (Lipinski definition) is 3. The highest BCUT2D eigenvalue weighted by molar-refractivity contribution is 7.09. The number of nitrogens with zero attached hydrogens (tertiary/aromatic N) is 1. The van der Waals surface area contributed by atoms with Crippen molar-refractivity contribution in [1.29, 1.82) is 0 Å². The summed E-state index contributed by atoms with van der Waals surface area (Å²) >= 11 is 1.58. The molecule has 0 saturated heterocycles. The van der Waals surface area contributed by atoms with Gasteiger partial charge in [-0.3, -0.25) is 0 Å². The first-order valence-corrected chi connectivity index (χ1v) is 7.68. The summed E-state index contributed by atoms with van der Waals surface area (Å²) in [5, 5.41) is 13.8. The van der Waals surface area contributed by atoms with Crippen molar-refractivity contribution in [3.05, 3.63) is 22.4 Å². The summed E-state index contributed by atoms with van der Waals surface area (Å²) in [5.41, 5.74) is 0. The van der Waals surface area contributed by atoms with Crippen molar-refractivity contribution >= 4 is 23.3 Å². The molecule has 2 amide bonds. The van der Waals surface area contributed by atoms with E-state index in [0.717, 1.165) is 4.88 Å². The van der Waals surface area contributed by atoms with E-state index < -0.39 is 12.0 Å². The molecule has 2 N–H and O–H groups in total. The summed E-state index contributed by atoms with van der Waals surface area (Å²) < 4.78 is 0. The maximum atomic E-state index is 12.2. The third kappa shape index (κ3) is 4.52. The van der Waals surface area contributed by atoms with E-state index in [4.69, 9.17) is 0 Å². The Hall–Kier alpha value is -1.56. The lowest BCUT2D eigenvalue weighted by Crippen LogP contribution is -2.50. The van der Waals surface area contributed by atoms with Crippen LogP contribution >= 0.6 is 11.3 Å². The topological polar surface area (TPSA) is 69.6 Å². The van der Waals surface area contributed by atoms with Crippen molar-refractivity contribution in [2.24, 2.45) is 5.92 Å². The van der Waals surface area contributed by atoms with Crippen LogP contribution in [0.3, 0.4) is 0 Å². The zero-order valence-corrected chi connectivity index (χ0v) is 12.9. The number of carboxylic acid groups (broad SMARTS) is 1. The fourth-order valence-corrected chi connectivity index (χ4v) is 2.54. The van der Waals surface area contributed by atoms with Gasteiger partial charge in [0, 0.05) is 11.4 Å². The molecule has 0 unspecified atom stereocenters. The van der Waals surface area contributed by atoms with Crippen LogP contribution in [0.25, 0.3) is 0 Å². The molecule has 1 heterocycles. The predicted octanol–water partition coefficient (Wildman–Crippen LogP) is 2.78. The Morgan fingerprint density at radius 3 is 2.60 bits per heavy atom. The maximum Gasteiger partial charge on any atom is 0.326 e. The Balaban J connectivity index is 2.68. The van der Waals surface area contributed by atoms with Crippen molar-refractivity contribution in [3.63, 3.8) is 0 Å². The first-order valence-electron chi connectivity index (χ1n) is 6.80. The van der Waals surface area contributed by atoms with Gasteiger partial charge in [-0.25, -0.2) is 9.59 Å². The molecule has 0 spiro atoms. The molecule has 112 valence electrons. The highest BCUT2D eigenvalue weighted by Gasteiger charge is 2.27. The fourth-order valence-electron chi connectivity index (χ4n) is 1.83. The molecule has 0 saturated carbocycles. The first-order chi connectivity index (χ1) is 9.49. The van der Waals surface area contributed by atoms with Crippen LogP contribution in [0.4, 0.5) is 4.79 Å². The van der Waals surface area contributed by atoms with E-state index >= 15 is 0 Å². The summed E-state index contributed by atoms with van der Waals surface area (Å²) in [6, 6.07) is 2.73. The van der Waals surface area contributed by atoms with Gasteiger partial charge in [-0.05, 0) is 24.3 Å². The van der Waals surface area contributed by atoms with E-state index in [9.17, 15) is 14.7 Å². The lowest BCUT2D eigenvalue weighted by Gasteiger charge is -2.26. The van der Waals surface area contributed by atoms with Gasteiger partial charge in [-0.1, -0.05) is 26.3 Å². The smallest absolute Gasteiger partial charge is 0.326 e. The van der Waals surface area contributed by atoms with Crippen LogP contribution in [0.15, 0.2) is 17.5 Å². The van der Waals surface area contributed by atoms with Crippen LogP contribution < -0.4 is 5.32 Å². The normalized spacial score (nSPS) is 13.6. The average Bonchev–Trinajstić information content (AvgIpc) is 2.93. The molecule has 0 aliphatic heterocycles. The van der Waals surface area contributed by atoms with Crippen molar-refractivity contribution in [3.8, 4) is 0 Å². The monoisotopic (exact) mass is 298 g/mol. The van der Waals surface area contributed by atoms with E-state index in [0.29, 0.717) is 19.5 Å². The maximum absolute atomic E-state index is 12.2. The average molecular weight is 298 g/mol. The summed E-state index contributed by atoms with van der Waals surface area (Å²) in [6.45, 7) is 6.67. The molecule has 20 heavy (non-hydrogen) atoms. The van der Waals surface area contributed by atoms with Crippen molar-refractivity contribution in [2.45, 2.75) is 39.8 Å². The van der Waals surface area contributed by atoms with Gasteiger partial charge in [0.2, 0.25) is 0 Å². The second-order valence-corrected chi connectivity index (χ2v) is 5.78. The molecule has 1 aromatic heterocycles. The summed E-state index contributed by atoms with van der Waals surface area (Å²) in [4.78, 5) is 26.1. The Bertz CT molecular complexity index is 434. The number of amides is 2. The highest BCUT2D eigenvalue weighted by Crippen LogP contribution is 2.13. The van der Waals surface area contributed by atoms with Crippen LogP contribution in [-0.4, -0.2) is 34.6 Å². The van der Waals surface area contributed by atoms with Gasteiger partial charge in [0.15, 0.2) is 0 Å². The Kier molecular flexibility index (Phi) is 6.51. The van der Waals surface area contributed by atoms with Gasteiger partial charge < -0.3 is 15.3 Å². The van der Waals surface area contributed by atoms with Crippen LogP contribution in [0.5, 0.6) is 0 Å². The number of carbonyl (C=O) groups excluding carboxylic acids is 1. The minimum absolute atomic E-state index is 0.100. The summed E-state index contributed by atoms with van der Waals surface area (Å²) in [6.07, 6.45) is 0.703. The number of carbonyl (C=O) groups is 2. The molecule has 1 aromatic rings. The molecule has 5 nitrogen and oxygen atoms in total. The standard InChI is InChI=1S/C14H22N2O3S/c1-4-10(3)12(13(17)18)15-14(19)16(5-2)9-11-7-6-8-20-11/h6-8,10,12H,4-5,9H2,1-3H3,(H,15,19)(H,17,18)/t10-,12-/m0/s1. The van der Waals surface area contributed by atoms with Crippen LogP contribution in [0.2, 0.25) is 0 Å². The number of nitrogens with one attached hydrogen (secondary N) is 1. The van der Waals surface area contributed by atoms with E-state index in [1.807, 2.05) is 38.3 Å². The van der Waals surface area contributed by atoms with E-state index in [1.54, 1.807) is 16.2 Å².